The van der Waals surface area contributed by atoms with Crippen molar-refractivity contribution in [2.45, 2.75) is 25.2 Å². The van der Waals surface area contributed by atoms with Crippen LogP contribution in [-0.4, -0.2) is 49.2 Å². The van der Waals surface area contributed by atoms with Crippen molar-refractivity contribution in [1.29, 1.82) is 0 Å². The topological polar surface area (TPSA) is 81.5 Å². The van der Waals surface area contributed by atoms with E-state index < -0.39 is 16.0 Å². The molecule has 0 aliphatic carbocycles. The van der Waals surface area contributed by atoms with E-state index in [9.17, 15) is 13.2 Å². The van der Waals surface area contributed by atoms with E-state index in [1.807, 2.05) is 0 Å². The second-order valence-electron chi connectivity index (χ2n) is 4.28. The maximum absolute atomic E-state index is 12.4. The summed E-state index contributed by atoms with van der Waals surface area (Å²) in [5, 5.41) is 4.09. The number of aryl methyl sites for hydroxylation is 2. The SMILES string of the molecule is COC(=O)CCN(C)S(=O)(=O)c1c(C)nn(C)c1C. The van der Waals surface area contributed by atoms with E-state index in [0.29, 0.717) is 11.4 Å². The minimum absolute atomic E-state index is 0.0184. The number of methoxy groups -OCH3 is 1. The molecule has 108 valence electrons. The summed E-state index contributed by atoms with van der Waals surface area (Å²) >= 11 is 0. The summed E-state index contributed by atoms with van der Waals surface area (Å²) in [6.45, 7) is 3.41. The van der Waals surface area contributed by atoms with Crippen LogP contribution in [0.3, 0.4) is 0 Å². The van der Waals surface area contributed by atoms with Gasteiger partial charge in [-0.05, 0) is 13.8 Å². The highest BCUT2D eigenvalue weighted by Gasteiger charge is 2.28. The Kier molecular flexibility index (Phi) is 4.70. The molecule has 0 aliphatic heterocycles. The Morgan fingerprint density at radius 1 is 1.42 bits per heavy atom. The van der Waals surface area contributed by atoms with Crippen LogP contribution < -0.4 is 0 Å². The lowest BCUT2D eigenvalue weighted by Crippen LogP contribution is -2.30. The van der Waals surface area contributed by atoms with Crippen LogP contribution in [0.15, 0.2) is 4.90 Å². The Hall–Kier alpha value is -1.41. The third-order valence-electron chi connectivity index (χ3n) is 2.97. The summed E-state index contributed by atoms with van der Waals surface area (Å²) < 4.78 is 32.0. The minimum Gasteiger partial charge on any atom is -0.469 e. The molecule has 7 nitrogen and oxygen atoms in total. The number of ether oxygens (including phenoxy) is 1. The molecule has 1 rings (SSSR count). The second-order valence-corrected chi connectivity index (χ2v) is 6.26. The molecule has 1 heterocycles. The molecule has 0 aliphatic rings. The summed E-state index contributed by atoms with van der Waals surface area (Å²) in [7, 11) is 0.754. The monoisotopic (exact) mass is 289 g/mol. The van der Waals surface area contributed by atoms with Gasteiger partial charge < -0.3 is 4.74 Å². The summed E-state index contributed by atoms with van der Waals surface area (Å²) in [4.78, 5) is 11.3. The fourth-order valence-corrected chi connectivity index (χ4v) is 3.32. The van der Waals surface area contributed by atoms with Crippen LogP contribution in [0.25, 0.3) is 0 Å². The Balaban J connectivity index is 3.00. The van der Waals surface area contributed by atoms with Crippen molar-refractivity contribution in [3.63, 3.8) is 0 Å². The third-order valence-corrected chi connectivity index (χ3v) is 5.08. The van der Waals surface area contributed by atoms with Crippen LogP contribution in [-0.2, 0) is 26.6 Å². The first-order valence-corrected chi connectivity index (χ1v) is 7.19. The van der Waals surface area contributed by atoms with Crippen LogP contribution in [0, 0.1) is 13.8 Å². The van der Waals surface area contributed by atoms with Crippen molar-refractivity contribution in [3.8, 4) is 0 Å². The van der Waals surface area contributed by atoms with Crippen LogP contribution in [0.5, 0.6) is 0 Å². The van der Waals surface area contributed by atoms with Gasteiger partial charge in [0.2, 0.25) is 10.0 Å². The number of hydrogen-bond acceptors (Lipinski definition) is 5. The predicted molar refractivity (Wildman–Crippen MR) is 69.1 cm³/mol. The van der Waals surface area contributed by atoms with Crippen LogP contribution in [0.4, 0.5) is 0 Å². The number of aromatic nitrogens is 2. The first kappa shape index (κ1) is 15.6. The normalized spacial score (nSPS) is 11.9. The molecule has 8 heteroatoms. The maximum Gasteiger partial charge on any atom is 0.306 e. The quantitative estimate of drug-likeness (QED) is 0.724. The van der Waals surface area contributed by atoms with Gasteiger partial charge in [-0.1, -0.05) is 0 Å². The van der Waals surface area contributed by atoms with E-state index in [1.165, 1.54) is 18.8 Å². The highest BCUT2D eigenvalue weighted by atomic mass is 32.2. The van der Waals surface area contributed by atoms with Gasteiger partial charge in [0.25, 0.3) is 0 Å². The third kappa shape index (κ3) is 3.13. The van der Waals surface area contributed by atoms with Crippen molar-refractivity contribution in [2.24, 2.45) is 7.05 Å². The van der Waals surface area contributed by atoms with Gasteiger partial charge >= 0.3 is 5.97 Å². The van der Waals surface area contributed by atoms with E-state index in [1.54, 1.807) is 20.9 Å². The molecule has 1 aromatic heterocycles. The van der Waals surface area contributed by atoms with Crippen molar-refractivity contribution in [2.75, 3.05) is 20.7 Å². The van der Waals surface area contributed by atoms with Crippen molar-refractivity contribution in [1.82, 2.24) is 14.1 Å². The predicted octanol–water partition coefficient (Wildman–Crippen LogP) is 0.221. The van der Waals surface area contributed by atoms with Gasteiger partial charge in [0, 0.05) is 20.6 Å². The molecule has 0 bridgehead atoms. The second kappa shape index (κ2) is 5.70. The Morgan fingerprint density at radius 2 is 2.00 bits per heavy atom. The number of nitrogens with zero attached hydrogens (tertiary/aromatic N) is 3. The number of carbonyl (C=O) groups is 1. The zero-order chi connectivity index (χ0) is 14.8. The number of esters is 1. The first-order chi connectivity index (χ1) is 8.71. The van der Waals surface area contributed by atoms with Crippen molar-refractivity contribution >= 4 is 16.0 Å². The molecule has 0 saturated carbocycles. The first-order valence-electron chi connectivity index (χ1n) is 5.75. The summed E-state index contributed by atoms with van der Waals surface area (Å²) in [5.74, 6) is -0.443. The van der Waals surface area contributed by atoms with E-state index in [2.05, 4.69) is 9.84 Å². The summed E-state index contributed by atoms with van der Waals surface area (Å²) in [5.41, 5.74) is 1.02. The maximum atomic E-state index is 12.4. The molecular weight excluding hydrogens is 270 g/mol. The van der Waals surface area contributed by atoms with Crippen molar-refractivity contribution < 1.29 is 17.9 Å². The van der Waals surface area contributed by atoms with Crippen LogP contribution in [0.2, 0.25) is 0 Å². The molecule has 0 saturated heterocycles. The smallest absolute Gasteiger partial charge is 0.306 e. The lowest BCUT2D eigenvalue weighted by atomic mass is 10.4. The van der Waals surface area contributed by atoms with Gasteiger partial charge in [-0.25, -0.2) is 12.7 Å². The summed E-state index contributed by atoms with van der Waals surface area (Å²) in [6.07, 6.45) is 0.0184. The molecule has 0 aromatic carbocycles. The Labute approximate surface area is 113 Å². The van der Waals surface area contributed by atoms with Gasteiger partial charge in [0.1, 0.15) is 4.90 Å². The van der Waals surface area contributed by atoms with Gasteiger partial charge in [0.05, 0.1) is 24.9 Å². The van der Waals surface area contributed by atoms with Gasteiger partial charge in [-0.3, -0.25) is 9.48 Å². The molecule has 0 radical (unpaired) electrons. The lowest BCUT2D eigenvalue weighted by Gasteiger charge is -2.16. The molecule has 19 heavy (non-hydrogen) atoms. The number of sulfonamides is 1. The fourth-order valence-electron chi connectivity index (χ4n) is 1.75. The zero-order valence-corrected chi connectivity index (χ0v) is 12.6. The van der Waals surface area contributed by atoms with Crippen LogP contribution in [0.1, 0.15) is 17.8 Å². The molecule has 1 aromatic rings. The summed E-state index contributed by atoms with van der Waals surface area (Å²) in [6, 6.07) is 0. The molecule has 0 amide bonds. The van der Waals surface area contributed by atoms with E-state index >= 15 is 0 Å². The Bertz CT molecular complexity index is 577. The van der Waals surface area contributed by atoms with Gasteiger partial charge in [-0.15, -0.1) is 0 Å². The Morgan fingerprint density at radius 3 is 2.42 bits per heavy atom. The van der Waals surface area contributed by atoms with E-state index in [4.69, 9.17) is 0 Å². The molecule has 0 fully saturated rings. The molecule has 0 spiro atoms. The van der Waals surface area contributed by atoms with Gasteiger partial charge in [-0.2, -0.15) is 5.10 Å². The molecular formula is C11H19N3O4S. The zero-order valence-electron chi connectivity index (χ0n) is 11.8. The van der Waals surface area contributed by atoms with Crippen LogP contribution >= 0.6 is 0 Å². The van der Waals surface area contributed by atoms with E-state index in [0.717, 1.165) is 4.31 Å². The largest absolute Gasteiger partial charge is 0.469 e. The lowest BCUT2D eigenvalue weighted by molar-refractivity contribution is -0.140. The fraction of sp³-hybridized carbons (Fsp3) is 0.636. The molecule has 0 unspecified atom stereocenters. The van der Waals surface area contributed by atoms with E-state index in [-0.39, 0.29) is 17.9 Å². The average Bonchev–Trinajstić information content (AvgIpc) is 2.59. The number of carbonyl (C=O) groups excluding carboxylic acids is 1. The average molecular weight is 289 g/mol. The van der Waals surface area contributed by atoms with Crippen molar-refractivity contribution in [3.05, 3.63) is 11.4 Å². The van der Waals surface area contributed by atoms with Gasteiger partial charge in [0.15, 0.2) is 0 Å². The number of hydrogen-bond donors (Lipinski definition) is 0. The number of rotatable bonds is 5. The molecule has 0 atom stereocenters. The highest BCUT2D eigenvalue weighted by Crippen LogP contribution is 2.22. The highest BCUT2D eigenvalue weighted by molar-refractivity contribution is 7.89. The standard InChI is InChI=1S/C11H19N3O4S/c1-8-11(9(2)14(4)12-8)19(16,17)13(3)7-6-10(15)18-5/h6-7H2,1-5H3. The minimum atomic E-state index is -3.64. The molecule has 0 N–H and O–H groups in total.